The van der Waals surface area contributed by atoms with Crippen molar-refractivity contribution in [2.75, 3.05) is 12.0 Å². The molecule has 2 aromatic carbocycles. The number of rotatable bonds is 5. The van der Waals surface area contributed by atoms with Gasteiger partial charge in [-0.1, -0.05) is 59.6 Å². The van der Waals surface area contributed by atoms with E-state index in [0.717, 1.165) is 5.56 Å². The highest BCUT2D eigenvalue weighted by Gasteiger charge is 2.21. The van der Waals surface area contributed by atoms with Gasteiger partial charge in [0.1, 0.15) is 5.82 Å². The Morgan fingerprint density at radius 3 is 2.27 bits per heavy atom. The van der Waals surface area contributed by atoms with Crippen molar-refractivity contribution >= 4 is 34.9 Å². The van der Waals surface area contributed by atoms with Crippen LogP contribution >= 0.6 is 23.2 Å². The number of carbonyl (C=O) groups is 1. The number of aromatic nitrogens is 1. The Labute approximate surface area is 162 Å². The molecule has 0 aliphatic carbocycles. The lowest BCUT2D eigenvalue weighted by molar-refractivity contribution is 0.0984. The fourth-order valence-corrected chi connectivity index (χ4v) is 3.21. The van der Waals surface area contributed by atoms with Gasteiger partial charge in [-0.2, -0.15) is 0 Å². The Balaban J connectivity index is 2.00. The number of halogens is 2. The minimum absolute atomic E-state index is 0.251. The first-order valence-corrected chi connectivity index (χ1v) is 8.65. The second-order valence-electron chi connectivity index (χ2n) is 5.54. The van der Waals surface area contributed by atoms with E-state index in [1.54, 1.807) is 35.4 Å². The predicted molar refractivity (Wildman–Crippen MR) is 104 cm³/mol. The standard InChI is InChI=1S/C20H16Cl2N2O2/c1-26-19-16(21)11-15(12-17(19)22)20(25)24(18-9-5-6-10-23-18)13-14-7-3-2-4-8-14/h2-12H,13H2,1H3. The SMILES string of the molecule is COc1c(Cl)cc(C(=O)N(Cc2ccccc2)c2ccccn2)cc1Cl. The van der Waals surface area contributed by atoms with Crippen LogP contribution < -0.4 is 9.64 Å². The summed E-state index contributed by atoms with van der Waals surface area (Å²) in [4.78, 5) is 19.1. The summed E-state index contributed by atoms with van der Waals surface area (Å²) in [7, 11) is 1.48. The molecular formula is C20H16Cl2N2O2. The molecule has 0 N–H and O–H groups in total. The highest BCUT2D eigenvalue weighted by Crippen LogP contribution is 2.34. The van der Waals surface area contributed by atoms with Crippen LogP contribution in [0.3, 0.4) is 0 Å². The molecular weight excluding hydrogens is 371 g/mol. The lowest BCUT2D eigenvalue weighted by atomic mass is 10.1. The zero-order valence-electron chi connectivity index (χ0n) is 14.0. The molecule has 26 heavy (non-hydrogen) atoms. The van der Waals surface area contributed by atoms with Crippen molar-refractivity contribution in [2.45, 2.75) is 6.54 Å². The lowest BCUT2D eigenvalue weighted by Crippen LogP contribution is -2.31. The molecule has 132 valence electrons. The minimum atomic E-state index is -0.251. The molecule has 3 rings (SSSR count). The van der Waals surface area contributed by atoms with Crippen LogP contribution in [-0.4, -0.2) is 18.0 Å². The topological polar surface area (TPSA) is 42.4 Å². The average Bonchev–Trinajstić information content (AvgIpc) is 2.67. The van der Waals surface area contributed by atoms with E-state index in [2.05, 4.69) is 4.98 Å². The van der Waals surface area contributed by atoms with Gasteiger partial charge in [-0.25, -0.2) is 4.98 Å². The molecule has 0 radical (unpaired) electrons. The van der Waals surface area contributed by atoms with Gasteiger partial charge in [0.15, 0.2) is 5.75 Å². The normalized spacial score (nSPS) is 10.4. The van der Waals surface area contributed by atoms with E-state index in [0.29, 0.717) is 23.7 Å². The molecule has 0 saturated carbocycles. The van der Waals surface area contributed by atoms with Gasteiger partial charge in [0.2, 0.25) is 0 Å². The maximum atomic E-state index is 13.2. The van der Waals surface area contributed by atoms with Crippen LogP contribution in [0.1, 0.15) is 15.9 Å². The second kappa shape index (κ2) is 8.21. The molecule has 0 unspecified atom stereocenters. The molecule has 1 amide bonds. The third-order valence-corrected chi connectivity index (χ3v) is 4.37. The number of ether oxygens (including phenoxy) is 1. The molecule has 0 aliphatic rings. The number of benzene rings is 2. The average molecular weight is 387 g/mol. The quantitative estimate of drug-likeness (QED) is 0.601. The first-order chi connectivity index (χ1) is 12.6. The van der Waals surface area contributed by atoms with Gasteiger partial charge in [0.25, 0.3) is 5.91 Å². The summed E-state index contributed by atoms with van der Waals surface area (Å²) in [5.41, 5.74) is 1.35. The van der Waals surface area contributed by atoms with E-state index in [9.17, 15) is 4.79 Å². The molecule has 1 aromatic heterocycles. The van der Waals surface area contributed by atoms with Crippen molar-refractivity contribution in [3.8, 4) is 5.75 Å². The number of carbonyl (C=O) groups excluding carboxylic acids is 1. The monoisotopic (exact) mass is 386 g/mol. The Bertz CT molecular complexity index is 879. The number of nitrogens with zero attached hydrogens (tertiary/aromatic N) is 2. The molecule has 0 bridgehead atoms. The van der Waals surface area contributed by atoms with E-state index < -0.39 is 0 Å². The van der Waals surface area contributed by atoms with Crippen LogP contribution in [0.4, 0.5) is 5.82 Å². The summed E-state index contributed by atoms with van der Waals surface area (Å²) < 4.78 is 5.15. The summed E-state index contributed by atoms with van der Waals surface area (Å²) in [6, 6.07) is 18.2. The number of amides is 1. The Morgan fingerprint density at radius 1 is 1.04 bits per heavy atom. The van der Waals surface area contributed by atoms with Crippen LogP contribution in [0.5, 0.6) is 5.75 Å². The Hall–Kier alpha value is -2.56. The van der Waals surface area contributed by atoms with Gasteiger partial charge < -0.3 is 4.74 Å². The van der Waals surface area contributed by atoms with E-state index in [-0.39, 0.29) is 16.0 Å². The third-order valence-electron chi connectivity index (χ3n) is 3.80. The fourth-order valence-electron chi connectivity index (χ4n) is 2.57. The van der Waals surface area contributed by atoms with Gasteiger partial charge in [-0.15, -0.1) is 0 Å². The Morgan fingerprint density at radius 2 is 1.69 bits per heavy atom. The van der Waals surface area contributed by atoms with Crippen LogP contribution in [0.2, 0.25) is 10.0 Å². The van der Waals surface area contributed by atoms with Crippen LogP contribution in [-0.2, 0) is 6.54 Å². The molecule has 4 nitrogen and oxygen atoms in total. The maximum Gasteiger partial charge on any atom is 0.259 e. The molecule has 1 heterocycles. The summed E-state index contributed by atoms with van der Waals surface area (Å²) in [5.74, 6) is 0.640. The van der Waals surface area contributed by atoms with Crippen molar-refractivity contribution in [3.63, 3.8) is 0 Å². The summed E-state index contributed by atoms with van der Waals surface area (Å²) in [6.07, 6.45) is 1.65. The van der Waals surface area contributed by atoms with Crippen molar-refractivity contribution < 1.29 is 9.53 Å². The lowest BCUT2D eigenvalue weighted by Gasteiger charge is -2.22. The molecule has 0 atom stereocenters. The number of pyridine rings is 1. The summed E-state index contributed by atoms with van der Waals surface area (Å²) in [5, 5.41) is 0.563. The van der Waals surface area contributed by atoms with Gasteiger partial charge in [-0.3, -0.25) is 9.69 Å². The molecule has 3 aromatic rings. The van der Waals surface area contributed by atoms with Crippen molar-refractivity contribution in [3.05, 3.63) is 88.0 Å². The largest absolute Gasteiger partial charge is 0.494 e. The van der Waals surface area contributed by atoms with Crippen molar-refractivity contribution in [1.82, 2.24) is 4.98 Å². The van der Waals surface area contributed by atoms with Gasteiger partial charge >= 0.3 is 0 Å². The zero-order valence-corrected chi connectivity index (χ0v) is 15.5. The van der Waals surface area contributed by atoms with E-state index >= 15 is 0 Å². The van der Waals surface area contributed by atoms with Crippen LogP contribution in [0, 0.1) is 0 Å². The second-order valence-corrected chi connectivity index (χ2v) is 6.35. The van der Waals surface area contributed by atoms with E-state index in [1.165, 1.54) is 7.11 Å². The minimum Gasteiger partial charge on any atom is -0.494 e. The van der Waals surface area contributed by atoms with E-state index in [4.69, 9.17) is 27.9 Å². The van der Waals surface area contributed by atoms with Gasteiger partial charge in [0.05, 0.1) is 23.7 Å². The molecule has 0 saturated heterocycles. The molecule has 0 fully saturated rings. The first-order valence-electron chi connectivity index (χ1n) is 7.90. The first kappa shape index (κ1) is 18.2. The fraction of sp³-hybridized carbons (Fsp3) is 0.100. The Kier molecular flexibility index (Phi) is 5.76. The van der Waals surface area contributed by atoms with E-state index in [1.807, 2.05) is 36.4 Å². The predicted octanol–water partition coefficient (Wildman–Crippen LogP) is 5.24. The molecule has 6 heteroatoms. The molecule has 0 aliphatic heterocycles. The number of hydrogen-bond acceptors (Lipinski definition) is 3. The highest BCUT2D eigenvalue weighted by atomic mass is 35.5. The van der Waals surface area contributed by atoms with Crippen LogP contribution in [0.15, 0.2) is 66.9 Å². The number of hydrogen-bond donors (Lipinski definition) is 0. The number of anilines is 1. The van der Waals surface area contributed by atoms with Crippen LogP contribution in [0.25, 0.3) is 0 Å². The van der Waals surface area contributed by atoms with Crippen molar-refractivity contribution in [2.24, 2.45) is 0 Å². The highest BCUT2D eigenvalue weighted by molar-refractivity contribution is 6.37. The summed E-state index contributed by atoms with van der Waals surface area (Å²) in [6.45, 7) is 0.373. The summed E-state index contributed by atoms with van der Waals surface area (Å²) >= 11 is 12.4. The molecule has 0 spiro atoms. The van der Waals surface area contributed by atoms with Crippen molar-refractivity contribution in [1.29, 1.82) is 0 Å². The zero-order chi connectivity index (χ0) is 18.5. The number of methoxy groups -OCH3 is 1. The van der Waals surface area contributed by atoms with Gasteiger partial charge in [-0.05, 0) is 29.8 Å². The maximum absolute atomic E-state index is 13.2. The van der Waals surface area contributed by atoms with Gasteiger partial charge in [0, 0.05) is 11.8 Å². The third kappa shape index (κ3) is 3.98. The smallest absolute Gasteiger partial charge is 0.259 e.